The number of rotatable bonds is 9. The maximum atomic E-state index is 5.49. The van der Waals surface area contributed by atoms with Crippen molar-refractivity contribution < 1.29 is 4.74 Å². The summed E-state index contributed by atoms with van der Waals surface area (Å²) >= 11 is 0. The van der Waals surface area contributed by atoms with Crippen LogP contribution in [0, 0.1) is 0 Å². The van der Waals surface area contributed by atoms with Crippen LogP contribution in [0.2, 0.25) is 0 Å². The molecule has 108 valence electrons. The predicted molar refractivity (Wildman–Crippen MR) is 80.3 cm³/mol. The lowest BCUT2D eigenvalue weighted by Crippen LogP contribution is -2.33. The van der Waals surface area contributed by atoms with Crippen molar-refractivity contribution in [3.05, 3.63) is 30.1 Å². The number of pyridine rings is 1. The van der Waals surface area contributed by atoms with Gasteiger partial charge in [0.05, 0.1) is 5.60 Å². The van der Waals surface area contributed by atoms with E-state index < -0.39 is 0 Å². The summed E-state index contributed by atoms with van der Waals surface area (Å²) in [6, 6.07) is 4.76. The van der Waals surface area contributed by atoms with Crippen LogP contribution in [0.15, 0.2) is 24.5 Å². The Morgan fingerprint density at radius 3 is 2.53 bits per heavy atom. The standard InChI is InChI=1S/C16H28N2O/c1-5-18-15(8-11-16(2,3)19-4)7-6-14-9-12-17-13-10-14/h9-10,12-13,15,18H,5-8,11H2,1-4H3. The van der Waals surface area contributed by atoms with Crippen molar-refractivity contribution in [1.29, 1.82) is 0 Å². The van der Waals surface area contributed by atoms with Crippen molar-refractivity contribution in [2.45, 2.75) is 58.1 Å². The Bertz CT molecular complexity index is 338. The molecule has 3 nitrogen and oxygen atoms in total. The van der Waals surface area contributed by atoms with E-state index in [9.17, 15) is 0 Å². The minimum atomic E-state index is -0.0235. The summed E-state index contributed by atoms with van der Waals surface area (Å²) in [5.74, 6) is 0. The first-order chi connectivity index (χ1) is 9.07. The van der Waals surface area contributed by atoms with Gasteiger partial charge in [0.1, 0.15) is 0 Å². The minimum Gasteiger partial charge on any atom is -0.379 e. The van der Waals surface area contributed by atoms with Crippen LogP contribution < -0.4 is 5.32 Å². The zero-order chi connectivity index (χ0) is 14.1. The summed E-state index contributed by atoms with van der Waals surface area (Å²) < 4.78 is 5.49. The van der Waals surface area contributed by atoms with Gasteiger partial charge in [-0.15, -0.1) is 0 Å². The number of nitrogens with zero attached hydrogens (tertiary/aromatic N) is 1. The third kappa shape index (κ3) is 6.69. The predicted octanol–water partition coefficient (Wildman–Crippen LogP) is 3.20. The smallest absolute Gasteiger partial charge is 0.0623 e. The number of hydrogen-bond acceptors (Lipinski definition) is 3. The number of hydrogen-bond donors (Lipinski definition) is 1. The number of aryl methyl sites for hydroxylation is 1. The molecule has 0 bridgehead atoms. The molecule has 1 N–H and O–H groups in total. The molecule has 0 radical (unpaired) electrons. The highest BCUT2D eigenvalue weighted by Crippen LogP contribution is 2.18. The van der Waals surface area contributed by atoms with Gasteiger partial charge in [-0.25, -0.2) is 0 Å². The second-order valence-electron chi connectivity index (χ2n) is 5.65. The molecule has 0 aromatic carbocycles. The van der Waals surface area contributed by atoms with E-state index in [1.54, 1.807) is 7.11 Å². The molecule has 1 atom stereocenters. The monoisotopic (exact) mass is 264 g/mol. The van der Waals surface area contributed by atoms with E-state index in [0.717, 1.165) is 32.2 Å². The van der Waals surface area contributed by atoms with Gasteiger partial charge in [-0.2, -0.15) is 0 Å². The highest BCUT2D eigenvalue weighted by atomic mass is 16.5. The Kier molecular flexibility index (Phi) is 7.03. The van der Waals surface area contributed by atoms with Crippen LogP contribution in [0.3, 0.4) is 0 Å². The van der Waals surface area contributed by atoms with Gasteiger partial charge in [-0.3, -0.25) is 4.98 Å². The Morgan fingerprint density at radius 2 is 1.95 bits per heavy atom. The number of aromatic nitrogens is 1. The fourth-order valence-corrected chi connectivity index (χ4v) is 2.15. The van der Waals surface area contributed by atoms with Crippen LogP contribution in [-0.4, -0.2) is 30.3 Å². The normalized spacial score (nSPS) is 13.5. The lowest BCUT2D eigenvalue weighted by Gasteiger charge is -2.26. The highest BCUT2D eigenvalue weighted by Gasteiger charge is 2.18. The Hall–Kier alpha value is -0.930. The molecule has 0 fully saturated rings. The van der Waals surface area contributed by atoms with E-state index in [4.69, 9.17) is 4.74 Å². The van der Waals surface area contributed by atoms with Gasteiger partial charge in [0, 0.05) is 25.5 Å². The van der Waals surface area contributed by atoms with E-state index in [1.165, 1.54) is 5.56 Å². The summed E-state index contributed by atoms with van der Waals surface area (Å²) in [5, 5.41) is 3.58. The van der Waals surface area contributed by atoms with E-state index in [0.29, 0.717) is 6.04 Å². The van der Waals surface area contributed by atoms with Gasteiger partial charge < -0.3 is 10.1 Å². The molecule has 0 aliphatic rings. The zero-order valence-corrected chi connectivity index (χ0v) is 12.8. The topological polar surface area (TPSA) is 34.2 Å². The maximum Gasteiger partial charge on any atom is 0.0623 e. The molecule has 1 aromatic heterocycles. The van der Waals surface area contributed by atoms with Crippen molar-refractivity contribution in [3.63, 3.8) is 0 Å². The molecule has 0 saturated carbocycles. The molecule has 0 saturated heterocycles. The fraction of sp³-hybridized carbons (Fsp3) is 0.688. The van der Waals surface area contributed by atoms with Crippen LogP contribution >= 0.6 is 0 Å². The van der Waals surface area contributed by atoms with Gasteiger partial charge in [-0.1, -0.05) is 6.92 Å². The second-order valence-corrected chi connectivity index (χ2v) is 5.65. The Balaban J connectivity index is 2.40. The minimum absolute atomic E-state index is 0.0235. The zero-order valence-electron chi connectivity index (χ0n) is 12.8. The Labute approximate surface area is 117 Å². The maximum absolute atomic E-state index is 5.49. The van der Waals surface area contributed by atoms with Gasteiger partial charge in [0.2, 0.25) is 0 Å². The molecular weight excluding hydrogens is 236 g/mol. The molecule has 1 heterocycles. The molecule has 0 aliphatic carbocycles. The van der Waals surface area contributed by atoms with Crippen molar-refractivity contribution in [2.75, 3.05) is 13.7 Å². The molecule has 0 amide bonds. The van der Waals surface area contributed by atoms with Crippen molar-refractivity contribution in [1.82, 2.24) is 10.3 Å². The molecule has 0 aliphatic heterocycles. The summed E-state index contributed by atoms with van der Waals surface area (Å²) in [7, 11) is 1.79. The molecular formula is C16H28N2O. The van der Waals surface area contributed by atoms with Gasteiger partial charge in [0.25, 0.3) is 0 Å². The van der Waals surface area contributed by atoms with Crippen molar-refractivity contribution >= 4 is 0 Å². The first kappa shape index (κ1) is 16.1. The van der Waals surface area contributed by atoms with Crippen LogP contribution in [0.4, 0.5) is 0 Å². The first-order valence-electron chi connectivity index (χ1n) is 7.25. The first-order valence-corrected chi connectivity index (χ1v) is 7.25. The molecule has 3 heteroatoms. The third-order valence-electron chi connectivity index (χ3n) is 3.67. The fourth-order valence-electron chi connectivity index (χ4n) is 2.15. The molecule has 0 spiro atoms. The van der Waals surface area contributed by atoms with Gasteiger partial charge in [0.15, 0.2) is 0 Å². The second kappa shape index (κ2) is 8.28. The van der Waals surface area contributed by atoms with Gasteiger partial charge in [-0.05, 0) is 63.8 Å². The van der Waals surface area contributed by atoms with E-state index >= 15 is 0 Å². The summed E-state index contributed by atoms with van der Waals surface area (Å²) in [6.07, 6.45) is 8.24. The van der Waals surface area contributed by atoms with Crippen molar-refractivity contribution in [2.24, 2.45) is 0 Å². The highest BCUT2D eigenvalue weighted by molar-refractivity contribution is 5.09. The lowest BCUT2D eigenvalue weighted by atomic mass is 9.95. The molecule has 19 heavy (non-hydrogen) atoms. The van der Waals surface area contributed by atoms with Gasteiger partial charge >= 0.3 is 0 Å². The van der Waals surface area contributed by atoms with Crippen LogP contribution in [-0.2, 0) is 11.2 Å². The number of methoxy groups -OCH3 is 1. The third-order valence-corrected chi connectivity index (χ3v) is 3.67. The number of nitrogens with one attached hydrogen (secondary N) is 1. The van der Waals surface area contributed by atoms with E-state index in [2.05, 4.69) is 43.2 Å². The SMILES string of the molecule is CCNC(CCc1ccncc1)CCC(C)(C)OC. The largest absolute Gasteiger partial charge is 0.379 e. The molecule has 1 aromatic rings. The quantitative estimate of drug-likeness (QED) is 0.743. The summed E-state index contributed by atoms with van der Waals surface area (Å²) in [5.41, 5.74) is 1.34. The van der Waals surface area contributed by atoms with Crippen LogP contribution in [0.1, 0.15) is 45.6 Å². The Morgan fingerprint density at radius 1 is 1.26 bits per heavy atom. The lowest BCUT2D eigenvalue weighted by molar-refractivity contribution is 0.0116. The summed E-state index contributed by atoms with van der Waals surface area (Å²) in [6.45, 7) is 7.49. The van der Waals surface area contributed by atoms with E-state index in [1.807, 2.05) is 12.4 Å². The van der Waals surface area contributed by atoms with E-state index in [-0.39, 0.29) is 5.60 Å². The molecule has 1 rings (SSSR count). The van der Waals surface area contributed by atoms with Crippen LogP contribution in [0.25, 0.3) is 0 Å². The number of ether oxygens (including phenoxy) is 1. The molecule has 1 unspecified atom stereocenters. The average Bonchev–Trinajstić information content (AvgIpc) is 2.43. The van der Waals surface area contributed by atoms with Crippen molar-refractivity contribution in [3.8, 4) is 0 Å². The summed E-state index contributed by atoms with van der Waals surface area (Å²) in [4.78, 5) is 4.06. The van der Waals surface area contributed by atoms with Crippen LogP contribution in [0.5, 0.6) is 0 Å². The average molecular weight is 264 g/mol.